The Labute approximate surface area is 82.7 Å². The molecule has 0 heterocycles. The zero-order valence-electron chi connectivity index (χ0n) is 8.01. The zero-order chi connectivity index (χ0) is 10.4. The van der Waals surface area contributed by atoms with Gasteiger partial charge in [-0.3, -0.25) is 0 Å². The Morgan fingerprint density at radius 2 is 2.07 bits per heavy atom. The summed E-state index contributed by atoms with van der Waals surface area (Å²) in [6, 6.07) is 9.84. The van der Waals surface area contributed by atoms with Crippen LogP contribution >= 0.6 is 0 Å². The lowest BCUT2D eigenvalue weighted by Crippen LogP contribution is -2.24. The molecule has 1 aromatic carbocycles. The summed E-state index contributed by atoms with van der Waals surface area (Å²) >= 11 is 0. The minimum atomic E-state index is -1.28. The van der Waals surface area contributed by atoms with Crippen molar-refractivity contribution < 1.29 is 14.7 Å². The average molecular weight is 195 g/mol. The summed E-state index contributed by atoms with van der Waals surface area (Å²) in [6.45, 7) is 0.552. The summed E-state index contributed by atoms with van der Waals surface area (Å²) in [4.78, 5) is 14.6. The Bertz CT molecular complexity index is 287. The minimum absolute atomic E-state index is 0.552. The highest BCUT2D eigenvalue weighted by Crippen LogP contribution is 2.00. The van der Waals surface area contributed by atoms with E-state index in [0.717, 1.165) is 12.0 Å². The fourth-order valence-electron chi connectivity index (χ4n) is 1.11. The smallest absolute Gasteiger partial charge is 0.448 e. The lowest BCUT2D eigenvalue weighted by Gasteiger charge is -2.13. The molecule has 0 aliphatic rings. The first-order valence-corrected chi connectivity index (χ1v) is 4.34. The number of nitrogens with zero attached hydrogens (tertiary/aromatic N) is 1. The van der Waals surface area contributed by atoms with E-state index in [2.05, 4.69) is 4.84 Å². The number of benzene rings is 1. The molecule has 76 valence electrons. The average Bonchev–Trinajstić information content (AvgIpc) is 2.15. The van der Waals surface area contributed by atoms with Gasteiger partial charge in [0.25, 0.3) is 0 Å². The summed E-state index contributed by atoms with van der Waals surface area (Å²) in [5.74, 6) is 0. The molecule has 4 heteroatoms. The predicted octanol–water partition coefficient (Wildman–Crippen LogP) is 1.77. The Morgan fingerprint density at radius 1 is 1.43 bits per heavy atom. The number of hydrogen-bond acceptors (Lipinski definition) is 3. The number of carbonyl (C=O) groups is 1. The topological polar surface area (TPSA) is 49.8 Å². The van der Waals surface area contributed by atoms with E-state index in [1.165, 1.54) is 5.06 Å². The number of hydrogen-bond donors (Lipinski definition) is 1. The second-order valence-corrected chi connectivity index (χ2v) is 2.94. The van der Waals surface area contributed by atoms with Crippen LogP contribution in [-0.4, -0.2) is 29.9 Å². The minimum Gasteiger partial charge on any atom is -0.448 e. The van der Waals surface area contributed by atoms with E-state index in [9.17, 15) is 4.79 Å². The summed E-state index contributed by atoms with van der Waals surface area (Å²) in [7, 11) is 1.59. The molecule has 0 aromatic heterocycles. The first kappa shape index (κ1) is 10.5. The maximum atomic E-state index is 10.2. The SMILES string of the molecule is CN(CCc1ccccc1)OC(=O)O. The lowest BCUT2D eigenvalue weighted by atomic mass is 10.1. The Hall–Kier alpha value is -1.55. The fraction of sp³-hybridized carbons (Fsp3) is 0.300. The van der Waals surface area contributed by atoms with Gasteiger partial charge in [-0.05, 0) is 12.0 Å². The van der Waals surface area contributed by atoms with Gasteiger partial charge in [0.1, 0.15) is 0 Å². The zero-order valence-corrected chi connectivity index (χ0v) is 8.01. The van der Waals surface area contributed by atoms with Gasteiger partial charge in [-0.2, -0.15) is 0 Å². The van der Waals surface area contributed by atoms with Crippen LogP contribution in [0, 0.1) is 0 Å². The van der Waals surface area contributed by atoms with E-state index in [-0.39, 0.29) is 0 Å². The highest BCUT2D eigenvalue weighted by Gasteiger charge is 2.03. The van der Waals surface area contributed by atoms with E-state index in [4.69, 9.17) is 5.11 Å². The van der Waals surface area contributed by atoms with Crippen LogP contribution in [-0.2, 0) is 11.3 Å². The number of rotatable bonds is 4. The molecule has 1 aromatic rings. The third-order valence-corrected chi connectivity index (χ3v) is 1.79. The Balaban J connectivity index is 2.30. The van der Waals surface area contributed by atoms with Crippen LogP contribution in [0.4, 0.5) is 4.79 Å². The second-order valence-electron chi connectivity index (χ2n) is 2.94. The normalized spacial score (nSPS) is 10.1. The van der Waals surface area contributed by atoms with Crippen molar-refractivity contribution in [2.75, 3.05) is 13.6 Å². The van der Waals surface area contributed by atoms with Crippen LogP contribution in [0.15, 0.2) is 30.3 Å². The van der Waals surface area contributed by atoms with Gasteiger partial charge in [-0.15, -0.1) is 5.06 Å². The van der Waals surface area contributed by atoms with Crippen LogP contribution in [0.25, 0.3) is 0 Å². The first-order chi connectivity index (χ1) is 6.68. The van der Waals surface area contributed by atoms with Gasteiger partial charge in [0.2, 0.25) is 0 Å². The quantitative estimate of drug-likeness (QED) is 0.744. The molecule has 0 radical (unpaired) electrons. The molecule has 0 saturated heterocycles. The summed E-state index contributed by atoms with van der Waals surface area (Å²) in [5.41, 5.74) is 1.16. The van der Waals surface area contributed by atoms with E-state index in [0.29, 0.717) is 6.54 Å². The maximum Gasteiger partial charge on any atom is 0.525 e. The highest BCUT2D eigenvalue weighted by molar-refractivity contribution is 5.56. The lowest BCUT2D eigenvalue weighted by molar-refractivity contribution is -0.0986. The highest BCUT2D eigenvalue weighted by atomic mass is 16.8. The van der Waals surface area contributed by atoms with Gasteiger partial charge in [-0.25, -0.2) is 4.79 Å². The van der Waals surface area contributed by atoms with E-state index >= 15 is 0 Å². The second kappa shape index (κ2) is 5.24. The molecule has 4 nitrogen and oxygen atoms in total. The molecule has 14 heavy (non-hydrogen) atoms. The molecule has 0 unspecified atom stereocenters. The van der Waals surface area contributed by atoms with Crippen molar-refractivity contribution in [2.45, 2.75) is 6.42 Å². The molecular formula is C10H13NO3. The molecular weight excluding hydrogens is 182 g/mol. The molecule has 1 N–H and O–H groups in total. The molecule has 0 atom stereocenters. The molecule has 0 aliphatic carbocycles. The van der Waals surface area contributed by atoms with Crippen molar-refractivity contribution in [1.29, 1.82) is 0 Å². The van der Waals surface area contributed by atoms with Crippen LogP contribution in [0.1, 0.15) is 5.56 Å². The molecule has 1 rings (SSSR count). The summed E-state index contributed by atoms with van der Waals surface area (Å²) < 4.78 is 0. The Morgan fingerprint density at radius 3 is 2.64 bits per heavy atom. The summed E-state index contributed by atoms with van der Waals surface area (Å²) in [6.07, 6.45) is -0.509. The van der Waals surface area contributed by atoms with Crippen molar-refractivity contribution in [3.05, 3.63) is 35.9 Å². The number of carboxylic acid groups (broad SMARTS) is 1. The standard InChI is InChI=1S/C10H13NO3/c1-11(14-10(12)13)8-7-9-5-3-2-4-6-9/h2-6H,7-8H2,1H3,(H,12,13). The van der Waals surface area contributed by atoms with Crippen LogP contribution in [0.5, 0.6) is 0 Å². The molecule has 0 saturated carbocycles. The van der Waals surface area contributed by atoms with Gasteiger partial charge in [-0.1, -0.05) is 30.3 Å². The van der Waals surface area contributed by atoms with Crippen LogP contribution < -0.4 is 0 Å². The summed E-state index contributed by atoms with van der Waals surface area (Å²) in [5, 5.41) is 9.62. The largest absolute Gasteiger partial charge is 0.525 e. The molecule has 0 spiro atoms. The number of likely N-dealkylation sites (N-methyl/N-ethyl adjacent to an activating group) is 1. The van der Waals surface area contributed by atoms with Crippen LogP contribution in [0.2, 0.25) is 0 Å². The predicted molar refractivity (Wildman–Crippen MR) is 51.9 cm³/mol. The van der Waals surface area contributed by atoms with Crippen molar-refractivity contribution in [1.82, 2.24) is 5.06 Å². The van der Waals surface area contributed by atoms with Gasteiger partial charge in [0, 0.05) is 13.6 Å². The van der Waals surface area contributed by atoms with Gasteiger partial charge < -0.3 is 9.94 Å². The van der Waals surface area contributed by atoms with E-state index in [1.54, 1.807) is 7.05 Å². The number of hydroxylamine groups is 2. The molecule has 0 fully saturated rings. The van der Waals surface area contributed by atoms with E-state index in [1.807, 2.05) is 30.3 Å². The van der Waals surface area contributed by atoms with Crippen LogP contribution in [0.3, 0.4) is 0 Å². The third-order valence-electron chi connectivity index (χ3n) is 1.79. The van der Waals surface area contributed by atoms with Gasteiger partial charge in [0.15, 0.2) is 0 Å². The van der Waals surface area contributed by atoms with Gasteiger partial charge in [0.05, 0.1) is 0 Å². The van der Waals surface area contributed by atoms with Crippen molar-refractivity contribution in [3.63, 3.8) is 0 Å². The van der Waals surface area contributed by atoms with Crippen molar-refractivity contribution >= 4 is 6.16 Å². The first-order valence-electron chi connectivity index (χ1n) is 4.34. The molecule has 0 amide bonds. The third kappa shape index (κ3) is 3.91. The molecule has 0 aliphatic heterocycles. The monoisotopic (exact) mass is 195 g/mol. The Kier molecular flexibility index (Phi) is 3.94. The molecule has 0 bridgehead atoms. The van der Waals surface area contributed by atoms with E-state index < -0.39 is 6.16 Å². The maximum absolute atomic E-state index is 10.2. The van der Waals surface area contributed by atoms with Crippen molar-refractivity contribution in [3.8, 4) is 0 Å². The van der Waals surface area contributed by atoms with Crippen molar-refractivity contribution in [2.24, 2.45) is 0 Å². The van der Waals surface area contributed by atoms with Gasteiger partial charge >= 0.3 is 6.16 Å². The fourth-order valence-corrected chi connectivity index (χ4v) is 1.11.